The highest BCUT2D eigenvalue weighted by molar-refractivity contribution is 7.26. The molecule has 0 bridgehead atoms. The monoisotopic (exact) mass is 909 g/mol. The minimum absolute atomic E-state index is 0.207. The summed E-state index contributed by atoms with van der Waals surface area (Å²) in [5, 5.41) is 5.16. The van der Waals surface area contributed by atoms with Crippen molar-refractivity contribution in [2.24, 2.45) is 0 Å². The number of nitrogens with zero attached hydrogens (tertiary/aromatic N) is 1. The Morgan fingerprint density at radius 1 is 0.343 bits per heavy atom. The summed E-state index contributed by atoms with van der Waals surface area (Å²) < 4.78 is 2.58. The molecule has 12 aromatic rings. The zero-order chi connectivity index (χ0) is 46.6. The Labute approximate surface area is 413 Å². The Morgan fingerprint density at radius 2 is 0.943 bits per heavy atom. The first-order valence-electron chi connectivity index (χ1n) is 24.4. The molecule has 0 saturated heterocycles. The molecule has 2 aliphatic rings. The Balaban J connectivity index is 1.03. The van der Waals surface area contributed by atoms with Gasteiger partial charge in [-0.25, -0.2) is 0 Å². The first kappa shape index (κ1) is 40.7. The van der Waals surface area contributed by atoms with E-state index in [2.05, 4.69) is 267 Å². The molecule has 0 aliphatic heterocycles. The Kier molecular flexibility index (Phi) is 9.09. The van der Waals surface area contributed by atoms with Crippen LogP contribution in [0.2, 0.25) is 0 Å². The first-order valence-corrected chi connectivity index (χ1v) is 25.2. The van der Waals surface area contributed by atoms with Crippen LogP contribution in [-0.2, 0) is 10.8 Å². The van der Waals surface area contributed by atoms with E-state index in [0.717, 1.165) is 17.1 Å². The number of benzene rings is 11. The van der Waals surface area contributed by atoms with E-state index in [-0.39, 0.29) is 5.41 Å². The third-order valence-electron chi connectivity index (χ3n) is 15.5. The Morgan fingerprint density at radius 3 is 1.77 bits per heavy atom. The third kappa shape index (κ3) is 5.90. The maximum atomic E-state index is 2.52. The summed E-state index contributed by atoms with van der Waals surface area (Å²) in [6.07, 6.45) is 0. The fourth-order valence-corrected chi connectivity index (χ4v) is 13.5. The van der Waals surface area contributed by atoms with E-state index in [1.165, 1.54) is 109 Å². The zero-order valence-electron chi connectivity index (χ0n) is 39.0. The standard InChI is InChI=1S/C68H47NS/c1-67(2)59-39-35-46-23-12-13-28-52(46)64(59)56-38-36-51(43-61(56)67)69(50-37-40-62-57(42-50)66-54(31-18-34-63(66)70-62)45-21-8-4-9-22-45)49-27-16-26-48(41-49)68(47-24-10-5-11-25-47)58-32-15-14-29-55(58)65-53(30-17-33-60(65)68)44-19-6-3-7-20-44/h3-43H,1-2H3. The van der Waals surface area contributed by atoms with Gasteiger partial charge in [0.25, 0.3) is 0 Å². The Hall–Kier alpha value is -8.30. The summed E-state index contributed by atoms with van der Waals surface area (Å²) in [5.41, 5.74) is 20.6. The van der Waals surface area contributed by atoms with Gasteiger partial charge in [-0.1, -0.05) is 214 Å². The van der Waals surface area contributed by atoms with Gasteiger partial charge < -0.3 is 4.90 Å². The van der Waals surface area contributed by atoms with Crippen molar-refractivity contribution in [2.75, 3.05) is 4.90 Å². The van der Waals surface area contributed by atoms with Crippen LogP contribution < -0.4 is 4.90 Å². The van der Waals surface area contributed by atoms with Crippen molar-refractivity contribution in [1.82, 2.24) is 0 Å². The van der Waals surface area contributed by atoms with Gasteiger partial charge in [-0.3, -0.25) is 0 Å². The second-order valence-corrected chi connectivity index (χ2v) is 20.6. The summed E-state index contributed by atoms with van der Waals surface area (Å²) in [5.74, 6) is 0. The van der Waals surface area contributed by atoms with E-state index < -0.39 is 5.41 Å². The van der Waals surface area contributed by atoms with Crippen molar-refractivity contribution in [3.63, 3.8) is 0 Å². The molecule has 1 heterocycles. The van der Waals surface area contributed by atoms with Crippen molar-refractivity contribution in [3.8, 4) is 44.5 Å². The van der Waals surface area contributed by atoms with Crippen LogP contribution in [0.5, 0.6) is 0 Å². The number of hydrogen-bond donors (Lipinski definition) is 0. The van der Waals surface area contributed by atoms with E-state index >= 15 is 0 Å². The summed E-state index contributed by atoms with van der Waals surface area (Å²) in [6, 6.07) is 93.1. The van der Waals surface area contributed by atoms with Gasteiger partial charge in [0.05, 0.1) is 5.41 Å². The smallest absolute Gasteiger partial charge is 0.0714 e. The van der Waals surface area contributed by atoms with Crippen LogP contribution in [0.1, 0.15) is 47.2 Å². The van der Waals surface area contributed by atoms with E-state index in [1.807, 2.05) is 11.3 Å². The Bertz CT molecular complexity index is 4030. The van der Waals surface area contributed by atoms with Crippen LogP contribution in [-0.4, -0.2) is 0 Å². The summed E-state index contributed by atoms with van der Waals surface area (Å²) in [4.78, 5) is 2.52. The molecule has 1 unspecified atom stereocenters. The number of thiophene rings is 1. The topological polar surface area (TPSA) is 3.24 Å². The molecule has 1 aromatic heterocycles. The molecule has 2 aliphatic carbocycles. The summed E-state index contributed by atoms with van der Waals surface area (Å²) >= 11 is 1.88. The molecule has 1 atom stereocenters. The first-order chi connectivity index (χ1) is 34.5. The van der Waals surface area contributed by atoms with Crippen LogP contribution in [0, 0.1) is 0 Å². The van der Waals surface area contributed by atoms with Gasteiger partial charge in [0.15, 0.2) is 0 Å². The van der Waals surface area contributed by atoms with Gasteiger partial charge in [-0.15, -0.1) is 11.3 Å². The number of hydrogen-bond acceptors (Lipinski definition) is 2. The molecule has 11 aromatic carbocycles. The van der Waals surface area contributed by atoms with E-state index in [9.17, 15) is 0 Å². The highest BCUT2D eigenvalue weighted by Gasteiger charge is 2.47. The number of fused-ring (bicyclic) bond motifs is 11. The maximum absolute atomic E-state index is 2.52. The molecule has 0 fully saturated rings. The normalized spacial score (nSPS) is 15.2. The average Bonchev–Trinajstić information content (AvgIpc) is 4.03. The van der Waals surface area contributed by atoms with Gasteiger partial charge in [-0.2, -0.15) is 0 Å². The molecular weight excluding hydrogens is 863 g/mol. The van der Waals surface area contributed by atoms with Crippen molar-refractivity contribution < 1.29 is 0 Å². The SMILES string of the molecule is CC1(C)c2cc(N(c3cccc(C4(c5ccccc5)c5ccccc5-c5c(-c6ccccc6)cccc54)c3)c3ccc4sc5cccc(-c6ccccc6)c5c4c3)ccc2-c2c1ccc1ccccc21. The van der Waals surface area contributed by atoms with E-state index in [0.29, 0.717) is 0 Å². The quantitative estimate of drug-likeness (QED) is 0.154. The predicted octanol–water partition coefficient (Wildman–Crippen LogP) is 18.7. The third-order valence-corrected chi connectivity index (χ3v) is 16.7. The molecule has 0 radical (unpaired) electrons. The molecule has 2 heteroatoms. The molecule has 70 heavy (non-hydrogen) atoms. The van der Waals surface area contributed by atoms with Gasteiger partial charge in [0.2, 0.25) is 0 Å². The fraction of sp³-hybridized carbons (Fsp3) is 0.0588. The van der Waals surface area contributed by atoms with Crippen LogP contribution in [0.3, 0.4) is 0 Å². The highest BCUT2D eigenvalue weighted by Crippen LogP contribution is 2.59. The van der Waals surface area contributed by atoms with Crippen LogP contribution in [0.15, 0.2) is 249 Å². The van der Waals surface area contributed by atoms with Crippen LogP contribution in [0.4, 0.5) is 17.1 Å². The highest BCUT2D eigenvalue weighted by atomic mass is 32.1. The van der Waals surface area contributed by atoms with Gasteiger partial charge in [-0.05, 0) is 137 Å². The van der Waals surface area contributed by atoms with Gasteiger partial charge >= 0.3 is 0 Å². The number of rotatable bonds is 7. The fourth-order valence-electron chi connectivity index (χ4n) is 12.4. The molecule has 0 saturated carbocycles. The molecular formula is C68H47NS. The lowest BCUT2D eigenvalue weighted by molar-refractivity contribution is 0.661. The maximum Gasteiger partial charge on any atom is 0.0714 e. The second kappa shape index (κ2) is 15.6. The zero-order valence-corrected chi connectivity index (χ0v) is 39.8. The summed E-state index contributed by atoms with van der Waals surface area (Å²) in [7, 11) is 0. The van der Waals surface area contributed by atoms with E-state index in [1.54, 1.807) is 0 Å². The lowest BCUT2D eigenvalue weighted by atomic mass is 9.67. The largest absolute Gasteiger partial charge is 0.310 e. The minimum atomic E-state index is -0.597. The van der Waals surface area contributed by atoms with Crippen LogP contribution >= 0.6 is 11.3 Å². The van der Waals surface area contributed by atoms with Crippen molar-refractivity contribution in [1.29, 1.82) is 0 Å². The minimum Gasteiger partial charge on any atom is -0.310 e. The molecule has 0 N–H and O–H groups in total. The molecule has 0 amide bonds. The van der Waals surface area contributed by atoms with Crippen LogP contribution in [0.25, 0.3) is 75.5 Å². The molecule has 14 rings (SSSR count). The predicted molar refractivity (Wildman–Crippen MR) is 297 cm³/mol. The number of anilines is 3. The molecule has 330 valence electrons. The summed E-state index contributed by atoms with van der Waals surface area (Å²) in [6.45, 7) is 4.80. The van der Waals surface area contributed by atoms with Gasteiger partial charge in [0, 0.05) is 42.6 Å². The van der Waals surface area contributed by atoms with Crippen molar-refractivity contribution in [2.45, 2.75) is 24.7 Å². The van der Waals surface area contributed by atoms with Crippen molar-refractivity contribution in [3.05, 3.63) is 282 Å². The lowest BCUT2D eigenvalue weighted by Gasteiger charge is -2.35. The molecule has 1 nitrogen and oxygen atoms in total. The average molecular weight is 910 g/mol. The van der Waals surface area contributed by atoms with Crippen molar-refractivity contribution >= 4 is 59.3 Å². The molecule has 0 spiro atoms. The second-order valence-electron chi connectivity index (χ2n) is 19.5. The lowest BCUT2D eigenvalue weighted by Crippen LogP contribution is -2.29. The van der Waals surface area contributed by atoms with Gasteiger partial charge in [0.1, 0.15) is 0 Å². The van der Waals surface area contributed by atoms with E-state index in [4.69, 9.17) is 0 Å².